The van der Waals surface area contributed by atoms with E-state index >= 15 is 0 Å². The van der Waals surface area contributed by atoms with Crippen LogP contribution < -0.4 is 15.5 Å². The summed E-state index contributed by atoms with van der Waals surface area (Å²) in [4.78, 5) is 18.7. The Labute approximate surface area is 196 Å². The molecule has 1 amide bonds. The molecule has 1 saturated carbocycles. The third kappa shape index (κ3) is 4.79. The van der Waals surface area contributed by atoms with Crippen molar-refractivity contribution in [1.82, 2.24) is 15.6 Å². The SMILES string of the molecule is CN(C)c1ccc(CNC(=O)c2ccc3[nH]c4c(c3c2)CCCC4NC2CCCCC2)cc1. The molecule has 2 aliphatic rings. The van der Waals surface area contributed by atoms with Crippen LogP contribution in [-0.2, 0) is 13.0 Å². The topological polar surface area (TPSA) is 60.2 Å². The number of hydrogen-bond donors (Lipinski definition) is 3. The zero-order valence-corrected chi connectivity index (χ0v) is 19.9. The minimum absolute atomic E-state index is 0.0174. The van der Waals surface area contributed by atoms with Gasteiger partial charge in [-0.1, -0.05) is 31.4 Å². The normalized spacial score (nSPS) is 18.8. The predicted octanol–water partition coefficient (Wildman–Crippen LogP) is 5.46. The first-order valence-corrected chi connectivity index (χ1v) is 12.5. The van der Waals surface area contributed by atoms with Gasteiger partial charge in [-0.2, -0.15) is 0 Å². The molecule has 5 heteroatoms. The smallest absolute Gasteiger partial charge is 0.251 e. The number of H-pyrrole nitrogens is 1. The number of carbonyl (C=O) groups excluding carboxylic acids is 1. The van der Waals surface area contributed by atoms with Gasteiger partial charge in [-0.05, 0) is 73.6 Å². The molecule has 5 rings (SSSR count). The van der Waals surface area contributed by atoms with E-state index in [1.807, 2.05) is 20.2 Å². The standard InChI is InChI=1S/C28H36N4O/c1-32(2)22-14-11-19(12-15-22)18-29-28(33)20-13-16-25-24(17-20)23-9-6-10-26(27(23)31-25)30-21-7-4-3-5-8-21/h11-17,21,26,30-31H,3-10,18H2,1-2H3,(H,29,33). The lowest BCUT2D eigenvalue weighted by atomic mass is 9.89. The number of aryl methyl sites for hydroxylation is 1. The van der Waals surface area contributed by atoms with Crippen LogP contribution in [0, 0.1) is 0 Å². The summed E-state index contributed by atoms with van der Waals surface area (Å²) in [6.07, 6.45) is 10.2. The van der Waals surface area contributed by atoms with Crippen LogP contribution >= 0.6 is 0 Å². The first kappa shape index (κ1) is 22.0. The summed E-state index contributed by atoms with van der Waals surface area (Å²) in [5.74, 6) is -0.0174. The van der Waals surface area contributed by atoms with Crippen molar-refractivity contribution in [3.05, 3.63) is 64.8 Å². The Bertz CT molecular complexity index is 1110. The minimum Gasteiger partial charge on any atom is -0.378 e. The molecule has 33 heavy (non-hydrogen) atoms. The number of aromatic nitrogens is 1. The number of carbonyl (C=O) groups is 1. The molecule has 2 aliphatic carbocycles. The van der Waals surface area contributed by atoms with Gasteiger partial charge in [0.15, 0.2) is 0 Å². The fraction of sp³-hybridized carbons (Fsp3) is 0.464. The van der Waals surface area contributed by atoms with Gasteiger partial charge in [-0.15, -0.1) is 0 Å². The molecule has 0 radical (unpaired) electrons. The van der Waals surface area contributed by atoms with Crippen molar-refractivity contribution in [2.45, 2.75) is 70.0 Å². The molecule has 0 bridgehead atoms. The number of hydrogen-bond acceptors (Lipinski definition) is 3. The summed E-state index contributed by atoms with van der Waals surface area (Å²) >= 11 is 0. The summed E-state index contributed by atoms with van der Waals surface area (Å²) in [5, 5.41) is 8.25. The number of fused-ring (bicyclic) bond motifs is 3. The molecule has 1 heterocycles. The van der Waals surface area contributed by atoms with E-state index < -0.39 is 0 Å². The maximum atomic E-state index is 12.9. The highest BCUT2D eigenvalue weighted by atomic mass is 16.1. The monoisotopic (exact) mass is 444 g/mol. The van der Waals surface area contributed by atoms with Gasteiger partial charge >= 0.3 is 0 Å². The van der Waals surface area contributed by atoms with Gasteiger partial charge in [0.25, 0.3) is 5.91 Å². The van der Waals surface area contributed by atoms with Crippen LogP contribution in [0.1, 0.15) is 78.2 Å². The van der Waals surface area contributed by atoms with Gasteiger partial charge < -0.3 is 20.5 Å². The molecule has 1 aromatic heterocycles. The van der Waals surface area contributed by atoms with Crippen molar-refractivity contribution >= 4 is 22.5 Å². The van der Waals surface area contributed by atoms with Crippen molar-refractivity contribution in [3.8, 4) is 0 Å². The van der Waals surface area contributed by atoms with E-state index in [0.29, 0.717) is 18.6 Å². The minimum atomic E-state index is -0.0174. The van der Waals surface area contributed by atoms with Crippen molar-refractivity contribution in [3.63, 3.8) is 0 Å². The number of amides is 1. The second-order valence-electron chi connectivity index (χ2n) is 9.97. The molecule has 0 saturated heterocycles. The lowest BCUT2D eigenvalue weighted by Crippen LogP contribution is -2.36. The van der Waals surface area contributed by atoms with Crippen molar-refractivity contribution in [1.29, 1.82) is 0 Å². The number of aromatic amines is 1. The molecule has 1 unspecified atom stereocenters. The highest BCUT2D eigenvalue weighted by Crippen LogP contribution is 2.36. The molecule has 5 nitrogen and oxygen atoms in total. The molecule has 3 N–H and O–H groups in total. The van der Waals surface area contributed by atoms with Gasteiger partial charge in [0, 0.05) is 60.6 Å². The Morgan fingerprint density at radius 3 is 2.55 bits per heavy atom. The predicted molar refractivity (Wildman–Crippen MR) is 136 cm³/mol. The number of rotatable bonds is 6. The first-order valence-electron chi connectivity index (χ1n) is 12.5. The maximum absolute atomic E-state index is 12.9. The molecular formula is C28H36N4O. The van der Waals surface area contributed by atoms with E-state index in [2.05, 4.69) is 56.9 Å². The number of nitrogens with zero attached hydrogens (tertiary/aromatic N) is 1. The van der Waals surface area contributed by atoms with Crippen molar-refractivity contribution in [2.75, 3.05) is 19.0 Å². The highest BCUT2D eigenvalue weighted by Gasteiger charge is 2.27. The summed E-state index contributed by atoms with van der Waals surface area (Å²) in [7, 11) is 4.06. The summed E-state index contributed by atoms with van der Waals surface area (Å²) in [6.45, 7) is 0.531. The lowest BCUT2D eigenvalue weighted by Gasteiger charge is -2.31. The van der Waals surface area contributed by atoms with Crippen LogP contribution in [0.4, 0.5) is 5.69 Å². The van der Waals surface area contributed by atoms with E-state index in [4.69, 9.17) is 0 Å². The van der Waals surface area contributed by atoms with Crippen molar-refractivity contribution in [2.24, 2.45) is 0 Å². The third-order valence-corrected chi connectivity index (χ3v) is 7.42. The van der Waals surface area contributed by atoms with Crippen LogP contribution in [0.25, 0.3) is 10.9 Å². The molecule has 2 aromatic carbocycles. The molecule has 0 aliphatic heterocycles. The van der Waals surface area contributed by atoms with E-state index in [9.17, 15) is 4.79 Å². The Morgan fingerprint density at radius 2 is 1.79 bits per heavy atom. The van der Waals surface area contributed by atoms with E-state index in [-0.39, 0.29) is 5.91 Å². The lowest BCUT2D eigenvalue weighted by molar-refractivity contribution is 0.0951. The van der Waals surface area contributed by atoms with Gasteiger partial charge in [0.2, 0.25) is 0 Å². The maximum Gasteiger partial charge on any atom is 0.251 e. The van der Waals surface area contributed by atoms with E-state index in [0.717, 1.165) is 28.8 Å². The molecule has 174 valence electrons. The van der Waals surface area contributed by atoms with Gasteiger partial charge in [-0.3, -0.25) is 4.79 Å². The fourth-order valence-corrected chi connectivity index (χ4v) is 5.52. The summed E-state index contributed by atoms with van der Waals surface area (Å²) < 4.78 is 0. The second-order valence-corrected chi connectivity index (χ2v) is 9.97. The third-order valence-electron chi connectivity index (χ3n) is 7.42. The van der Waals surface area contributed by atoms with Gasteiger partial charge in [-0.25, -0.2) is 0 Å². The molecular weight excluding hydrogens is 408 g/mol. The van der Waals surface area contributed by atoms with Crippen LogP contribution in [-0.4, -0.2) is 31.0 Å². The van der Waals surface area contributed by atoms with Gasteiger partial charge in [0.05, 0.1) is 0 Å². The Kier molecular flexibility index (Phi) is 6.41. The Balaban J connectivity index is 1.30. The highest BCUT2D eigenvalue weighted by molar-refractivity contribution is 5.99. The molecule has 0 spiro atoms. The number of anilines is 1. The fourth-order valence-electron chi connectivity index (χ4n) is 5.52. The van der Waals surface area contributed by atoms with Crippen LogP contribution in [0.2, 0.25) is 0 Å². The van der Waals surface area contributed by atoms with Crippen LogP contribution in [0.5, 0.6) is 0 Å². The summed E-state index contributed by atoms with van der Waals surface area (Å²) in [5.41, 5.74) is 6.89. The molecule has 3 aromatic rings. The van der Waals surface area contributed by atoms with E-state index in [1.54, 1.807) is 0 Å². The van der Waals surface area contributed by atoms with E-state index in [1.165, 1.54) is 61.6 Å². The average molecular weight is 445 g/mol. The first-order chi connectivity index (χ1) is 16.1. The zero-order chi connectivity index (χ0) is 22.8. The summed E-state index contributed by atoms with van der Waals surface area (Å²) in [6, 6.07) is 15.5. The largest absolute Gasteiger partial charge is 0.378 e. The van der Waals surface area contributed by atoms with Crippen molar-refractivity contribution < 1.29 is 4.79 Å². The van der Waals surface area contributed by atoms with Crippen LogP contribution in [0.15, 0.2) is 42.5 Å². The Morgan fingerprint density at radius 1 is 1.00 bits per heavy atom. The average Bonchev–Trinajstić information content (AvgIpc) is 3.22. The van der Waals surface area contributed by atoms with Crippen LogP contribution in [0.3, 0.4) is 0 Å². The Hall–Kier alpha value is -2.79. The zero-order valence-electron chi connectivity index (χ0n) is 19.9. The molecule has 1 atom stereocenters. The number of benzene rings is 2. The van der Waals surface area contributed by atoms with Gasteiger partial charge in [0.1, 0.15) is 0 Å². The quantitative estimate of drug-likeness (QED) is 0.473. The molecule has 1 fully saturated rings. The number of nitrogens with one attached hydrogen (secondary N) is 3. The second kappa shape index (κ2) is 9.60.